The standard InChI is InChI=1S/C21H20N6OS2/c1-3-27(4-2)16-9-5-14(6-10-16)24-26-21-22-20-18(29-21)13-19(30-20)25-23-15-7-11-17(28)12-8-15/h5-13,28H,3-4H2,1-2H3. The molecule has 30 heavy (non-hydrogen) atoms. The molecule has 2 heterocycles. The van der Waals surface area contributed by atoms with Gasteiger partial charge in [0.2, 0.25) is 5.13 Å². The summed E-state index contributed by atoms with van der Waals surface area (Å²) in [6, 6.07) is 16.6. The molecule has 0 spiro atoms. The molecule has 0 atom stereocenters. The summed E-state index contributed by atoms with van der Waals surface area (Å²) in [6.07, 6.45) is 0. The third-order valence-corrected chi connectivity index (χ3v) is 6.34. The number of fused-ring (bicyclic) bond motifs is 1. The van der Waals surface area contributed by atoms with Crippen molar-refractivity contribution in [1.29, 1.82) is 0 Å². The Morgan fingerprint density at radius 1 is 0.833 bits per heavy atom. The molecule has 2 aromatic heterocycles. The fourth-order valence-electron chi connectivity index (χ4n) is 2.85. The predicted molar refractivity (Wildman–Crippen MR) is 124 cm³/mol. The average Bonchev–Trinajstić information content (AvgIpc) is 3.32. The molecule has 0 aliphatic rings. The summed E-state index contributed by atoms with van der Waals surface area (Å²) in [5.41, 5.74) is 2.66. The largest absolute Gasteiger partial charge is 0.508 e. The van der Waals surface area contributed by atoms with Gasteiger partial charge in [-0.1, -0.05) is 22.7 Å². The summed E-state index contributed by atoms with van der Waals surface area (Å²) < 4.78 is 1.01. The van der Waals surface area contributed by atoms with Gasteiger partial charge in [0.15, 0.2) is 0 Å². The van der Waals surface area contributed by atoms with Crippen molar-refractivity contribution in [3.63, 3.8) is 0 Å². The van der Waals surface area contributed by atoms with E-state index < -0.39 is 0 Å². The third-order valence-electron chi connectivity index (χ3n) is 4.41. The average molecular weight is 437 g/mol. The van der Waals surface area contributed by atoms with Crippen LogP contribution >= 0.6 is 22.7 Å². The van der Waals surface area contributed by atoms with Gasteiger partial charge in [0, 0.05) is 18.8 Å². The Balaban J connectivity index is 1.44. The minimum atomic E-state index is 0.205. The first-order valence-corrected chi connectivity index (χ1v) is 11.2. The SMILES string of the molecule is CCN(CC)c1ccc(N=Nc2nc3sc(N=Nc4ccc(O)cc4)cc3s2)cc1. The van der Waals surface area contributed by atoms with Crippen molar-refractivity contribution in [3.8, 4) is 5.75 Å². The van der Waals surface area contributed by atoms with Crippen LogP contribution in [0.15, 0.2) is 75.1 Å². The molecule has 7 nitrogen and oxygen atoms in total. The number of hydrogen-bond donors (Lipinski definition) is 1. The van der Waals surface area contributed by atoms with Crippen LogP contribution in [0.2, 0.25) is 0 Å². The highest BCUT2D eigenvalue weighted by atomic mass is 32.1. The van der Waals surface area contributed by atoms with Gasteiger partial charge in [-0.05, 0) is 68.4 Å². The van der Waals surface area contributed by atoms with Crippen molar-refractivity contribution < 1.29 is 5.11 Å². The number of nitrogens with zero attached hydrogens (tertiary/aromatic N) is 6. The summed E-state index contributed by atoms with van der Waals surface area (Å²) in [6.45, 7) is 6.24. The van der Waals surface area contributed by atoms with Crippen molar-refractivity contribution in [3.05, 3.63) is 54.6 Å². The molecule has 0 saturated carbocycles. The van der Waals surface area contributed by atoms with Gasteiger partial charge >= 0.3 is 0 Å². The molecular weight excluding hydrogens is 416 g/mol. The summed E-state index contributed by atoms with van der Waals surface area (Å²) in [7, 11) is 0. The van der Waals surface area contributed by atoms with Crippen LogP contribution in [0.5, 0.6) is 5.75 Å². The zero-order chi connectivity index (χ0) is 20.9. The number of benzene rings is 2. The lowest BCUT2D eigenvalue weighted by molar-refractivity contribution is 0.475. The number of phenols is 1. The van der Waals surface area contributed by atoms with E-state index in [0.717, 1.165) is 33.3 Å². The number of anilines is 1. The molecule has 0 saturated heterocycles. The first-order chi connectivity index (χ1) is 14.6. The van der Waals surface area contributed by atoms with Gasteiger partial charge < -0.3 is 10.0 Å². The van der Waals surface area contributed by atoms with Gasteiger partial charge in [0.25, 0.3) is 0 Å². The number of rotatable bonds is 7. The number of aromatic nitrogens is 1. The van der Waals surface area contributed by atoms with Crippen LogP contribution in [0.1, 0.15) is 13.8 Å². The molecule has 0 unspecified atom stereocenters. The normalized spacial score (nSPS) is 11.8. The second kappa shape index (κ2) is 9.10. The van der Waals surface area contributed by atoms with Gasteiger partial charge in [-0.3, -0.25) is 0 Å². The van der Waals surface area contributed by atoms with Gasteiger partial charge in [-0.15, -0.1) is 20.5 Å². The minimum Gasteiger partial charge on any atom is -0.508 e. The second-order valence-electron chi connectivity index (χ2n) is 6.36. The molecule has 1 N–H and O–H groups in total. The number of azo groups is 2. The Hall–Kier alpha value is -3.17. The van der Waals surface area contributed by atoms with E-state index in [9.17, 15) is 5.11 Å². The van der Waals surface area contributed by atoms with Crippen LogP contribution in [0.4, 0.5) is 27.2 Å². The molecule has 2 aromatic carbocycles. The third kappa shape index (κ3) is 4.69. The van der Waals surface area contributed by atoms with Crippen molar-refractivity contribution in [2.75, 3.05) is 18.0 Å². The van der Waals surface area contributed by atoms with Crippen LogP contribution < -0.4 is 4.90 Å². The zero-order valence-corrected chi connectivity index (χ0v) is 18.2. The lowest BCUT2D eigenvalue weighted by Gasteiger charge is -2.20. The number of thiophene rings is 1. The van der Waals surface area contributed by atoms with Crippen molar-refractivity contribution >= 4 is 59.4 Å². The number of thiazole rings is 1. The topological polar surface area (TPSA) is 85.8 Å². The molecule has 0 radical (unpaired) electrons. The Morgan fingerprint density at radius 3 is 2.10 bits per heavy atom. The number of phenolic OH excluding ortho intramolecular Hbond substituents is 1. The van der Waals surface area contributed by atoms with Crippen LogP contribution in [0, 0.1) is 0 Å². The lowest BCUT2D eigenvalue weighted by atomic mass is 10.2. The highest BCUT2D eigenvalue weighted by Crippen LogP contribution is 2.39. The zero-order valence-electron chi connectivity index (χ0n) is 16.6. The Kier molecular flexibility index (Phi) is 6.10. The quantitative estimate of drug-likeness (QED) is 0.301. The molecule has 4 rings (SSSR count). The van der Waals surface area contributed by atoms with E-state index in [4.69, 9.17) is 0 Å². The monoisotopic (exact) mass is 436 g/mol. The Bertz CT molecular complexity index is 1140. The van der Waals surface area contributed by atoms with Crippen molar-refractivity contribution in [2.24, 2.45) is 20.5 Å². The van der Waals surface area contributed by atoms with Crippen LogP contribution in [-0.4, -0.2) is 23.2 Å². The van der Waals surface area contributed by atoms with Gasteiger partial charge in [-0.2, -0.15) is 0 Å². The molecule has 0 amide bonds. The Labute approximate surface area is 182 Å². The van der Waals surface area contributed by atoms with Crippen LogP contribution in [0.3, 0.4) is 0 Å². The molecule has 0 aliphatic carbocycles. The maximum Gasteiger partial charge on any atom is 0.231 e. The maximum atomic E-state index is 9.31. The minimum absolute atomic E-state index is 0.205. The first kappa shape index (κ1) is 20.1. The smallest absolute Gasteiger partial charge is 0.231 e. The Morgan fingerprint density at radius 2 is 1.47 bits per heavy atom. The van der Waals surface area contributed by atoms with Crippen molar-refractivity contribution in [1.82, 2.24) is 4.98 Å². The molecular formula is C21H20N6OS2. The summed E-state index contributed by atoms with van der Waals surface area (Å²) in [5, 5.41) is 27.7. The fraction of sp³-hybridized carbons (Fsp3) is 0.190. The number of hydrogen-bond acceptors (Lipinski definition) is 9. The molecule has 0 fully saturated rings. The number of aromatic hydroxyl groups is 1. The van der Waals surface area contributed by atoms with Crippen LogP contribution in [-0.2, 0) is 0 Å². The van der Waals surface area contributed by atoms with E-state index in [0.29, 0.717) is 10.8 Å². The highest BCUT2D eigenvalue weighted by Gasteiger charge is 2.08. The van der Waals surface area contributed by atoms with Crippen LogP contribution in [0.25, 0.3) is 9.53 Å². The van der Waals surface area contributed by atoms with Gasteiger partial charge in [-0.25, -0.2) is 4.98 Å². The summed E-state index contributed by atoms with van der Waals surface area (Å²) in [5.74, 6) is 0.205. The fourth-order valence-corrected chi connectivity index (χ4v) is 4.70. The van der Waals surface area contributed by atoms with E-state index in [1.807, 2.05) is 18.2 Å². The predicted octanol–water partition coefficient (Wildman–Crippen LogP) is 7.74. The van der Waals surface area contributed by atoms with Gasteiger partial charge in [0.1, 0.15) is 15.6 Å². The first-order valence-electron chi connectivity index (χ1n) is 9.52. The van der Waals surface area contributed by atoms with E-state index in [2.05, 4.69) is 56.3 Å². The second-order valence-corrected chi connectivity index (χ2v) is 8.37. The van der Waals surface area contributed by atoms with Gasteiger partial charge in [0.05, 0.1) is 16.1 Å². The van der Waals surface area contributed by atoms with E-state index in [-0.39, 0.29) is 5.75 Å². The van der Waals surface area contributed by atoms with E-state index >= 15 is 0 Å². The molecule has 0 aliphatic heterocycles. The van der Waals surface area contributed by atoms with Crippen molar-refractivity contribution in [2.45, 2.75) is 13.8 Å². The molecule has 152 valence electrons. The lowest BCUT2D eigenvalue weighted by Crippen LogP contribution is -2.21. The molecule has 0 bridgehead atoms. The summed E-state index contributed by atoms with van der Waals surface area (Å²) >= 11 is 2.93. The highest BCUT2D eigenvalue weighted by molar-refractivity contribution is 7.30. The molecule has 4 aromatic rings. The van der Waals surface area contributed by atoms with E-state index in [1.54, 1.807) is 24.3 Å². The van der Waals surface area contributed by atoms with E-state index in [1.165, 1.54) is 28.4 Å². The maximum absolute atomic E-state index is 9.31. The molecule has 9 heteroatoms. The summed E-state index contributed by atoms with van der Waals surface area (Å²) in [4.78, 5) is 7.67.